The topological polar surface area (TPSA) is 12.0 Å². The summed E-state index contributed by atoms with van der Waals surface area (Å²) in [5, 5.41) is 3.57. The van der Waals surface area contributed by atoms with Crippen LogP contribution in [0, 0.1) is 18.3 Å². The maximum atomic E-state index is 5.21. The molecule has 0 aromatic rings. The van der Waals surface area contributed by atoms with E-state index in [0.717, 1.165) is 24.9 Å². The quantitative estimate of drug-likeness (QED) is 0.468. The zero-order chi connectivity index (χ0) is 9.52. The summed E-state index contributed by atoms with van der Waals surface area (Å²) in [5.41, 5.74) is 0. The van der Waals surface area contributed by atoms with Gasteiger partial charge in [0, 0.05) is 12.5 Å². The fourth-order valence-corrected chi connectivity index (χ4v) is 1.86. The van der Waals surface area contributed by atoms with Crippen LogP contribution >= 0.6 is 0 Å². The van der Waals surface area contributed by atoms with Crippen molar-refractivity contribution in [1.82, 2.24) is 5.32 Å². The monoisotopic (exact) mass is 179 g/mol. The lowest BCUT2D eigenvalue weighted by Crippen LogP contribution is -2.30. The largest absolute Gasteiger partial charge is 0.314 e. The van der Waals surface area contributed by atoms with Gasteiger partial charge in [-0.3, -0.25) is 0 Å². The van der Waals surface area contributed by atoms with Gasteiger partial charge in [-0.15, -0.1) is 12.3 Å². The summed E-state index contributed by atoms with van der Waals surface area (Å²) in [4.78, 5) is 0. The highest BCUT2D eigenvalue weighted by molar-refractivity contribution is 4.87. The Morgan fingerprint density at radius 3 is 2.77 bits per heavy atom. The standard InChI is InChI=1S/C12H21N/c1-3-5-6-7-8-12(13-4-2)11-9-10-11/h1,11-13H,4-10H2,2H3. The lowest BCUT2D eigenvalue weighted by atomic mass is 10.0. The molecule has 74 valence electrons. The minimum absolute atomic E-state index is 0.780. The summed E-state index contributed by atoms with van der Waals surface area (Å²) in [7, 11) is 0. The minimum atomic E-state index is 0.780. The second-order valence-electron chi connectivity index (χ2n) is 3.95. The Balaban J connectivity index is 2.04. The van der Waals surface area contributed by atoms with E-state index in [2.05, 4.69) is 18.2 Å². The van der Waals surface area contributed by atoms with Gasteiger partial charge in [0.25, 0.3) is 0 Å². The molecule has 1 nitrogen and oxygen atoms in total. The normalized spacial score (nSPS) is 18.2. The summed E-state index contributed by atoms with van der Waals surface area (Å²) >= 11 is 0. The molecule has 0 aliphatic heterocycles. The van der Waals surface area contributed by atoms with E-state index in [1.807, 2.05) is 0 Å². The number of terminal acetylenes is 1. The number of rotatable bonds is 7. The maximum Gasteiger partial charge on any atom is 0.00952 e. The summed E-state index contributed by atoms with van der Waals surface area (Å²) < 4.78 is 0. The first kappa shape index (κ1) is 10.6. The molecule has 1 heteroatoms. The van der Waals surface area contributed by atoms with Gasteiger partial charge in [0.1, 0.15) is 0 Å². The van der Waals surface area contributed by atoms with Gasteiger partial charge < -0.3 is 5.32 Å². The Morgan fingerprint density at radius 1 is 1.46 bits per heavy atom. The van der Waals surface area contributed by atoms with Crippen molar-refractivity contribution >= 4 is 0 Å². The van der Waals surface area contributed by atoms with Crippen LogP contribution in [0.1, 0.15) is 45.4 Å². The highest BCUT2D eigenvalue weighted by Gasteiger charge is 2.29. The van der Waals surface area contributed by atoms with Crippen molar-refractivity contribution in [2.45, 2.75) is 51.5 Å². The van der Waals surface area contributed by atoms with E-state index in [-0.39, 0.29) is 0 Å². The molecule has 0 saturated heterocycles. The van der Waals surface area contributed by atoms with Crippen LogP contribution in [0.15, 0.2) is 0 Å². The lowest BCUT2D eigenvalue weighted by Gasteiger charge is -2.16. The first-order valence-corrected chi connectivity index (χ1v) is 5.55. The number of hydrogen-bond donors (Lipinski definition) is 1. The van der Waals surface area contributed by atoms with Crippen LogP contribution in [0.5, 0.6) is 0 Å². The minimum Gasteiger partial charge on any atom is -0.314 e. The van der Waals surface area contributed by atoms with Crippen LogP contribution in [0.4, 0.5) is 0 Å². The van der Waals surface area contributed by atoms with Gasteiger partial charge in [-0.2, -0.15) is 0 Å². The predicted octanol–water partition coefficient (Wildman–Crippen LogP) is 2.57. The zero-order valence-corrected chi connectivity index (χ0v) is 8.68. The Bertz CT molecular complexity index is 164. The van der Waals surface area contributed by atoms with Gasteiger partial charge in [-0.25, -0.2) is 0 Å². The van der Waals surface area contributed by atoms with Gasteiger partial charge in [-0.05, 0) is 38.1 Å². The van der Waals surface area contributed by atoms with Crippen molar-refractivity contribution in [1.29, 1.82) is 0 Å². The summed E-state index contributed by atoms with van der Waals surface area (Å²) in [6.07, 6.45) is 12.8. The van der Waals surface area contributed by atoms with Crippen LogP contribution in [-0.2, 0) is 0 Å². The Kier molecular flexibility index (Phi) is 4.93. The van der Waals surface area contributed by atoms with Gasteiger partial charge in [-0.1, -0.05) is 13.3 Å². The number of nitrogens with one attached hydrogen (secondary N) is 1. The average molecular weight is 179 g/mol. The molecule has 13 heavy (non-hydrogen) atoms. The lowest BCUT2D eigenvalue weighted by molar-refractivity contribution is 0.430. The fourth-order valence-electron chi connectivity index (χ4n) is 1.86. The molecule has 0 bridgehead atoms. The van der Waals surface area contributed by atoms with Crippen molar-refractivity contribution in [2.75, 3.05) is 6.54 Å². The van der Waals surface area contributed by atoms with E-state index in [1.54, 1.807) is 0 Å². The molecule has 1 unspecified atom stereocenters. The van der Waals surface area contributed by atoms with Gasteiger partial charge in [0.05, 0.1) is 0 Å². The fraction of sp³-hybridized carbons (Fsp3) is 0.833. The van der Waals surface area contributed by atoms with Gasteiger partial charge in [0.2, 0.25) is 0 Å². The van der Waals surface area contributed by atoms with Crippen LogP contribution in [-0.4, -0.2) is 12.6 Å². The van der Waals surface area contributed by atoms with Crippen LogP contribution in [0.2, 0.25) is 0 Å². The number of hydrogen-bond acceptors (Lipinski definition) is 1. The molecular formula is C12H21N. The van der Waals surface area contributed by atoms with E-state index in [4.69, 9.17) is 6.42 Å². The summed E-state index contributed by atoms with van der Waals surface area (Å²) in [6, 6.07) is 0.780. The molecule has 1 aliphatic rings. The second kappa shape index (κ2) is 6.05. The van der Waals surface area contributed by atoms with E-state index >= 15 is 0 Å². The molecule has 1 atom stereocenters. The van der Waals surface area contributed by atoms with Crippen LogP contribution in [0.3, 0.4) is 0 Å². The summed E-state index contributed by atoms with van der Waals surface area (Å²) in [5.74, 6) is 3.68. The summed E-state index contributed by atoms with van der Waals surface area (Å²) in [6.45, 7) is 3.30. The van der Waals surface area contributed by atoms with E-state index in [9.17, 15) is 0 Å². The number of unbranched alkanes of at least 4 members (excludes halogenated alkanes) is 2. The van der Waals surface area contributed by atoms with E-state index < -0.39 is 0 Å². The Hall–Kier alpha value is -0.480. The highest BCUT2D eigenvalue weighted by Crippen LogP contribution is 2.34. The molecule has 0 spiro atoms. The van der Waals surface area contributed by atoms with Crippen molar-refractivity contribution in [2.24, 2.45) is 5.92 Å². The molecule has 0 aromatic heterocycles. The molecule has 0 aromatic carbocycles. The third-order valence-corrected chi connectivity index (χ3v) is 2.74. The molecule has 0 amide bonds. The highest BCUT2D eigenvalue weighted by atomic mass is 14.9. The molecular weight excluding hydrogens is 158 g/mol. The predicted molar refractivity (Wildman–Crippen MR) is 57.5 cm³/mol. The van der Waals surface area contributed by atoms with Crippen molar-refractivity contribution in [3.8, 4) is 12.3 Å². The first-order valence-electron chi connectivity index (χ1n) is 5.55. The maximum absolute atomic E-state index is 5.21. The van der Waals surface area contributed by atoms with Crippen LogP contribution in [0.25, 0.3) is 0 Å². The molecule has 0 heterocycles. The molecule has 1 rings (SSSR count). The Labute approximate surface area is 82.3 Å². The van der Waals surface area contributed by atoms with E-state index in [1.165, 1.54) is 32.1 Å². The Morgan fingerprint density at radius 2 is 2.23 bits per heavy atom. The molecule has 0 radical (unpaired) electrons. The SMILES string of the molecule is C#CCCCCC(NCC)C1CC1. The van der Waals surface area contributed by atoms with Gasteiger partial charge >= 0.3 is 0 Å². The molecule has 1 saturated carbocycles. The zero-order valence-electron chi connectivity index (χ0n) is 8.68. The van der Waals surface area contributed by atoms with Crippen molar-refractivity contribution in [3.05, 3.63) is 0 Å². The third kappa shape index (κ3) is 4.33. The molecule has 1 aliphatic carbocycles. The average Bonchev–Trinajstić information content (AvgIpc) is 2.93. The van der Waals surface area contributed by atoms with Gasteiger partial charge in [0.15, 0.2) is 0 Å². The third-order valence-electron chi connectivity index (χ3n) is 2.74. The van der Waals surface area contributed by atoms with Crippen molar-refractivity contribution < 1.29 is 0 Å². The first-order chi connectivity index (χ1) is 6.38. The van der Waals surface area contributed by atoms with E-state index in [0.29, 0.717) is 0 Å². The molecule has 1 N–H and O–H groups in total. The smallest absolute Gasteiger partial charge is 0.00952 e. The molecule has 1 fully saturated rings. The van der Waals surface area contributed by atoms with Crippen LogP contribution < -0.4 is 5.32 Å². The second-order valence-corrected chi connectivity index (χ2v) is 3.95. The van der Waals surface area contributed by atoms with Crippen molar-refractivity contribution in [3.63, 3.8) is 0 Å².